The molecule has 1 spiro atoms. The number of nitrogens with zero attached hydrogens (tertiary/aromatic N) is 2. The number of nitrogens with one attached hydrogen (secondary N) is 2. The number of morpholine rings is 1. The second-order valence-corrected chi connectivity index (χ2v) is 21.8. The molecule has 16 heteroatoms. The second-order valence-electron chi connectivity index (χ2n) is 19.4. The Bertz CT molecular complexity index is 2000. The highest BCUT2D eigenvalue weighted by atomic mass is 35.5. The fourth-order valence-corrected chi connectivity index (χ4v) is 11.3. The molecule has 3 fully saturated rings. The smallest absolute Gasteiger partial charge is 0.490 e. The Balaban J connectivity index is 0.000000262. The van der Waals surface area contributed by atoms with E-state index < -0.39 is 28.5 Å². The number of ether oxygens (including phenoxy) is 2. The lowest BCUT2D eigenvalue weighted by Crippen LogP contribution is -2.56. The number of benzene rings is 2. The van der Waals surface area contributed by atoms with E-state index in [1.807, 2.05) is 13.0 Å². The van der Waals surface area contributed by atoms with Gasteiger partial charge in [-0.1, -0.05) is 78.1 Å². The molecule has 1 amide bonds. The number of hydrogen-bond donors (Lipinski definition) is 2. The SMILES string of the molecule is C.C1CN2CCOC[C@@H]2CN1.CCCCOB(OCCCC)OCCCC.C[C@@H]1[C@@H](C)C/C=C/C(=O)[C@@H]2CC[C@H]2CN2C[C@@]3(CCCc4cc(Cl)ccc43)COc3ccc(cc32)C(=O)NS1(=O)=O. The maximum atomic E-state index is 13.3. The van der Waals surface area contributed by atoms with Crippen LogP contribution < -0.4 is 19.7 Å². The Morgan fingerprint density at radius 1 is 0.941 bits per heavy atom. The Morgan fingerprint density at radius 3 is 2.32 bits per heavy atom. The highest BCUT2D eigenvalue weighted by Crippen LogP contribution is 2.46. The first-order valence-electron chi connectivity index (χ1n) is 25.3. The third kappa shape index (κ3) is 15.2. The average molecular weight is 986 g/mol. The lowest BCUT2D eigenvalue weighted by molar-refractivity contribution is -0.122. The zero-order valence-corrected chi connectivity index (χ0v) is 42.5. The number of rotatable bonds is 12. The minimum atomic E-state index is -3.93. The van der Waals surface area contributed by atoms with Gasteiger partial charge in [0.1, 0.15) is 5.75 Å². The van der Waals surface area contributed by atoms with Gasteiger partial charge in [0.15, 0.2) is 5.78 Å². The van der Waals surface area contributed by atoms with Crippen LogP contribution in [-0.4, -0.2) is 123 Å². The first-order chi connectivity index (χ1) is 32.4. The van der Waals surface area contributed by atoms with Gasteiger partial charge in [-0.05, 0) is 124 Å². The number of ketones is 1. The summed E-state index contributed by atoms with van der Waals surface area (Å²) in [6.45, 7) is 20.3. The molecule has 4 aliphatic heterocycles. The molecule has 68 heavy (non-hydrogen) atoms. The highest BCUT2D eigenvalue weighted by Gasteiger charge is 2.44. The maximum absolute atomic E-state index is 13.3. The predicted molar refractivity (Wildman–Crippen MR) is 274 cm³/mol. The molecule has 380 valence electrons. The minimum absolute atomic E-state index is 0. The van der Waals surface area contributed by atoms with Gasteiger partial charge in [-0.3, -0.25) is 14.5 Å². The van der Waals surface area contributed by atoms with Crippen molar-refractivity contribution in [3.63, 3.8) is 0 Å². The van der Waals surface area contributed by atoms with Crippen molar-refractivity contribution in [2.24, 2.45) is 17.8 Å². The summed E-state index contributed by atoms with van der Waals surface area (Å²) >= 11 is 6.37. The van der Waals surface area contributed by atoms with Crippen molar-refractivity contribution in [3.05, 3.63) is 70.3 Å². The van der Waals surface area contributed by atoms with Crippen LogP contribution in [0.4, 0.5) is 5.69 Å². The lowest BCUT2D eigenvalue weighted by Gasteiger charge is -2.44. The number of fused-ring (bicyclic) bond motifs is 5. The van der Waals surface area contributed by atoms with Crippen LogP contribution in [0.5, 0.6) is 5.75 Å². The van der Waals surface area contributed by atoms with Gasteiger partial charge in [0, 0.05) is 87.1 Å². The van der Waals surface area contributed by atoms with E-state index in [1.54, 1.807) is 37.3 Å². The van der Waals surface area contributed by atoms with Crippen LogP contribution in [-0.2, 0) is 45.4 Å². The number of allylic oxidation sites excluding steroid dienone is 2. The second kappa shape index (κ2) is 27.6. The third-order valence-electron chi connectivity index (χ3n) is 14.4. The summed E-state index contributed by atoms with van der Waals surface area (Å²) in [6.07, 6.45) is 15.2. The first kappa shape index (κ1) is 55.9. The van der Waals surface area contributed by atoms with E-state index in [4.69, 9.17) is 35.0 Å². The number of unbranched alkanes of at least 4 members (excludes halogenated alkanes) is 3. The molecule has 4 heterocycles. The minimum Gasteiger partial charge on any atom is -0.490 e. The van der Waals surface area contributed by atoms with E-state index in [0.29, 0.717) is 37.9 Å². The molecule has 2 aliphatic carbocycles. The van der Waals surface area contributed by atoms with Crippen LogP contribution in [0.15, 0.2) is 48.6 Å². The zero-order valence-electron chi connectivity index (χ0n) is 40.9. The molecule has 2 N–H and O–H groups in total. The van der Waals surface area contributed by atoms with Crippen LogP contribution in [0.25, 0.3) is 0 Å². The Morgan fingerprint density at radius 2 is 1.66 bits per heavy atom. The summed E-state index contributed by atoms with van der Waals surface area (Å²) in [5.41, 5.74) is 3.22. The fourth-order valence-electron chi connectivity index (χ4n) is 9.78. The molecule has 6 aliphatic rings. The van der Waals surface area contributed by atoms with Crippen molar-refractivity contribution >= 4 is 46.3 Å². The average Bonchev–Trinajstić information content (AvgIpc) is 3.46. The van der Waals surface area contributed by atoms with Crippen molar-refractivity contribution < 1.29 is 41.4 Å². The molecular formula is C52H82BClN4O9S. The summed E-state index contributed by atoms with van der Waals surface area (Å²) in [5, 5.41) is 3.28. The van der Waals surface area contributed by atoms with E-state index in [-0.39, 0.29) is 41.9 Å². The van der Waals surface area contributed by atoms with E-state index in [9.17, 15) is 18.0 Å². The zero-order chi connectivity index (χ0) is 47.8. The topological polar surface area (TPSA) is 145 Å². The van der Waals surface area contributed by atoms with Gasteiger partial charge < -0.3 is 33.7 Å². The van der Waals surface area contributed by atoms with Crippen molar-refractivity contribution in [2.75, 3.05) is 83.8 Å². The van der Waals surface area contributed by atoms with E-state index >= 15 is 0 Å². The molecule has 6 atom stereocenters. The number of carbonyl (C=O) groups is 2. The summed E-state index contributed by atoms with van der Waals surface area (Å²) in [7, 11) is -4.39. The summed E-state index contributed by atoms with van der Waals surface area (Å²) < 4.78 is 57.0. The normalized spacial score (nSPS) is 27.0. The number of carbonyl (C=O) groups excluding carboxylic acids is 2. The van der Waals surface area contributed by atoms with Gasteiger partial charge in [0.25, 0.3) is 5.91 Å². The number of sulfonamides is 1. The Hall–Kier alpha value is -3.02. The molecule has 13 nitrogen and oxygen atoms in total. The van der Waals surface area contributed by atoms with Crippen molar-refractivity contribution in [3.8, 4) is 5.75 Å². The standard InChI is InChI=1S/C32H37ClN2O5S.C12H27BO3.C7H14N2O.CH4/c1-20-5-3-7-29(36)26-11-8-24(26)17-35-18-32(14-4-6-22-15-25(33)10-12-27(22)32)19-40-30-13-9-23(16-28(30)35)31(37)34-41(38,39)21(20)2;1-4-7-10-14-13(15-11-8-5-2)16-12-9-6-3;1-2-9-3-4-10-6-7(9)5-8-1;/h3,7,9-10,12-13,15-16,20-21,24,26H,4-6,8,11,14,17-19H2,1-2H3,(H,34,37);4-12H2,1-3H3;7-8H,1-6H2;1H4/b7-3+;;;/t20-,21+,24-,26+,32-;;7-;/m0.0./s1. The van der Waals surface area contributed by atoms with Crippen molar-refractivity contribution in [1.29, 1.82) is 0 Å². The molecular weight excluding hydrogens is 903 g/mol. The number of piperazine rings is 1. The van der Waals surface area contributed by atoms with Gasteiger partial charge in [0.2, 0.25) is 10.0 Å². The number of hydrogen-bond acceptors (Lipinski definition) is 12. The van der Waals surface area contributed by atoms with Crippen LogP contribution in [0.1, 0.15) is 134 Å². The molecule has 2 saturated heterocycles. The fraction of sp³-hybridized carbons (Fsp3) is 0.692. The molecule has 0 aromatic heterocycles. The van der Waals surface area contributed by atoms with E-state index in [1.165, 1.54) is 17.7 Å². The molecule has 2 aromatic rings. The van der Waals surface area contributed by atoms with Gasteiger partial charge in [0.05, 0.1) is 30.8 Å². The molecule has 0 radical (unpaired) electrons. The third-order valence-corrected chi connectivity index (χ3v) is 16.6. The van der Waals surface area contributed by atoms with Gasteiger partial charge in [-0.2, -0.15) is 0 Å². The molecule has 8 rings (SSSR count). The highest BCUT2D eigenvalue weighted by molar-refractivity contribution is 7.90. The van der Waals surface area contributed by atoms with Crippen LogP contribution in [0, 0.1) is 17.8 Å². The van der Waals surface area contributed by atoms with Gasteiger partial charge in [-0.25, -0.2) is 13.1 Å². The van der Waals surface area contributed by atoms with E-state index in [2.05, 4.69) is 52.7 Å². The summed E-state index contributed by atoms with van der Waals surface area (Å²) in [4.78, 5) is 31.3. The van der Waals surface area contributed by atoms with Gasteiger partial charge >= 0.3 is 7.32 Å². The number of halogens is 1. The van der Waals surface area contributed by atoms with Crippen molar-refractivity contribution in [1.82, 2.24) is 14.9 Å². The largest absolute Gasteiger partial charge is 0.639 e. The van der Waals surface area contributed by atoms with Crippen LogP contribution in [0.3, 0.4) is 0 Å². The van der Waals surface area contributed by atoms with E-state index in [0.717, 1.165) is 134 Å². The summed E-state index contributed by atoms with van der Waals surface area (Å²) in [6, 6.07) is 11.9. The Labute approximate surface area is 414 Å². The van der Waals surface area contributed by atoms with Gasteiger partial charge in [-0.15, -0.1) is 0 Å². The molecule has 2 bridgehead atoms. The van der Waals surface area contributed by atoms with Crippen LogP contribution >= 0.6 is 11.6 Å². The number of anilines is 1. The summed E-state index contributed by atoms with van der Waals surface area (Å²) in [5.74, 6) is -0.0319. The first-order valence-corrected chi connectivity index (χ1v) is 27.2. The van der Waals surface area contributed by atoms with Crippen LogP contribution in [0.2, 0.25) is 5.02 Å². The predicted octanol–water partition coefficient (Wildman–Crippen LogP) is 8.80. The maximum Gasteiger partial charge on any atom is 0.639 e. The molecule has 2 aromatic carbocycles. The lowest BCUT2D eigenvalue weighted by atomic mass is 9.68. The Kier molecular flexibility index (Phi) is 22.7. The molecule has 0 unspecified atom stereocenters. The number of amides is 1. The number of aryl methyl sites for hydroxylation is 1. The molecule has 1 saturated carbocycles. The monoisotopic (exact) mass is 985 g/mol. The van der Waals surface area contributed by atoms with Crippen molar-refractivity contribution in [2.45, 2.75) is 136 Å². The quantitative estimate of drug-likeness (QED) is 0.155.